The van der Waals surface area contributed by atoms with Crippen LogP contribution in [0.25, 0.3) is 0 Å². The average molecular weight is 447 g/mol. The molecule has 0 bridgehead atoms. The molecule has 1 aromatic rings. The number of ether oxygens (including phenoxy) is 3. The van der Waals surface area contributed by atoms with E-state index in [2.05, 4.69) is 0 Å². The van der Waals surface area contributed by atoms with Crippen molar-refractivity contribution in [2.75, 3.05) is 52.6 Å². The molecule has 0 spiro atoms. The number of rotatable bonds is 5. The molecule has 2 saturated heterocycles. The average Bonchev–Trinajstić information content (AvgIpc) is 2.74. The highest BCUT2D eigenvalue weighted by Gasteiger charge is 2.30. The summed E-state index contributed by atoms with van der Waals surface area (Å²) in [6.07, 6.45) is -1.03. The molecule has 2 aliphatic heterocycles. The van der Waals surface area contributed by atoms with Crippen molar-refractivity contribution in [1.29, 1.82) is 0 Å². The molecular weight excluding hydrogens is 424 g/mol. The normalized spacial score (nSPS) is 19.6. The van der Waals surface area contributed by atoms with Crippen molar-refractivity contribution in [2.45, 2.75) is 17.9 Å². The number of halogens is 1. The van der Waals surface area contributed by atoms with Crippen LogP contribution in [0.1, 0.15) is 17.3 Å². The van der Waals surface area contributed by atoms with E-state index < -0.39 is 22.1 Å². The molecule has 0 N–H and O–H groups in total. The minimum absolute atomic E-state index is 0.0435. The smallest absolute Gasteiger partial charge is 0.340 e. The Hall–Kier alpha value is -1.72. The molecule has 29 heavy (non-hydrogen) atoms. The standard InChI is InChI=1S/C18H23ClN2O7S/c1-13(17(22)20-4-8-26-9-5-20)28-18(23)15-12-14(2-3-16(15)19)29(24,25)21-6-10-27-11-7-21/h2-3,12-13H,4-11H2,1H3/t13-/m0/s1. The van der Waals surface area contributed by atoms with Gasteiger partial charge in [-0.25, -0.2) is 13.2 Å². The van der Waals surface area contributed by atoms with E-state index in [9.17, 15) is 18.0 Å². The summed E-state index contributed by atoms with van der Waals surface area (Å²) < 4.78 is 42.6. The van der Waals surface area contributed by atoms with Crippen molar-refractivity contribution < 1.29 is 32.2 Å². The monoisotopic (exact) mass is 446 g/mol. The van der Waals surface area contributed by atoms with Gasteiger partial charge in [0, 0.05) is 26.2 Å². The Morgan fingerprint density at radius 1 is 1.07 bits per heavy atom. The lowest BCUT2D eigenvalue weighted by Gasteiger charge is -2.29. The van der Waals surface area contributed by atoms with E-state index in [4.69, 9.17) is 25.8 Å². The maximum absolute atomic E-state index is 12.8. The fourth-order valence-corrected chi connectivity index (χ4v) is 4.70. The summed E-state index contributed by atoms with van der Waals surface area (Å²) in [5.41, 5.74) is -0.109. The van der Waals surface area contributed by atoms with Crippen molar-refractivity contribution >= 4 is 33.5 Å². The first-order valence-corrected chi connectivity index (χ1v) is 11.1. The van der Waals surface area contributed by atoms with Gasteiger partial charge in [0.1, 0.15) is 0 Å². The van der Waals surface area contributed by atoms with Crippen LogP contribution in [0.2, 0.25) is 5.02 Å². The Bertz CT molecular complexity index is 865. The van der Waals surface area contributed by atoms with Crippen molar-refractivity contribution in [3.05, 3.63) is 28.8 Å². The molecule has 3 rings (SSSR count). The van der Waals surface area contributed by atoms with Crippen LogP contribution in [0.3, 0.4) is 0 Å². The van der Waals surface area contributed by atoms with E-state index in [1.54, 1.807) is 4.90 Å². The third-order valence-corrected chi connectivity index (χ3v) is 6.94. The number of amides is 1. The lowest BCUT2D eigenvalue weighted by atomic mass is 10.2. The van der Waals surface area contributed by atoms with Crippen LogP contribution >= 0.6 is 11.6 Å². The lowest BCUT2D eigenvalue weighted by Crippen LogP contribution is -2.46. The molecule has 0 saturated carbocycles. The molecule has 0 aromatic heterocycles. The van der Waals surface area contributed by atoms with Crippen LogP contribution in [0.5, 0.6) is 0 Å². The van der Waals surface area contributed by atoms with Crippen molar-refractivity contribution in [2.24, 2.45) is 0 Å². The second-order valence-corrected chi connectivity index (χ2v) is 8.99. The van der Waals surface area contributed by atoms with E-state index >= 15 is 0 Å². The first-order chi connectivity index (χ1) is 13.8. The number of carbonyl (C=O) groups is 2. The molecule has 0 unspecified atom stereocenters. The highest BCUT2D eigenvalue weighted by Crippen LogP contribution is 2.24. The molecule has 1 atom stereocenters. The largest absolute Gasteiger partial charge is 0.449 e. The molecule has 1 amide bonds. The van der Waals surface area contributed by atoms with E-state index in [0.29, 0.717) is 39.5 Å². The summed E-state index contributed by atoms with van der Waals surface area (Å²) in [4.78, 5) is 26.5. The second kappa shape index (κ2) is 9.40. The van der Waals surface area contributed by atoms with Gasteiger partial charge in [-0.1, -0.05) is 11.6 Å². The van der Waals surface area contributed by atoms with E-state index in [-0.39, 0.29) is 34.5 Å². The van der Waals surface area contributed by atoms with Gasteiger partial charge in [0.25, 0.3) is 5.91 Å². The first kappa shape index (κ1) is 22.0. The Morgan fingerprint density at radius 3 is 2.28 bits per heavy atom. The number of hydrogen-bond donors (Lipinski definition) is 0. The third kappa shape index (κ3) is 5.07. The number of morpholine rings is 2. The van der Waals surface area contributed by atoms with Gasteiger partial charge < -0.3 is 19.1 Å². The topological polar surface area (TPSA) is 102 Å². The first-order valence-electron chi connectivity index (χ1n) is 9.25. The SMILES string of the molecule is C[C@H](OC(=O)c1cc(S(=O)(=O)N2CCOCC2)ccc1Cl)C(=O)N1CCOCC1. The molecule has 1 aromatic carbocycles. The summed E-state index contributed by atoms with van der Waals surface area (Å²) >= 11 is 6.10. The summed E-state index contributed by atoms with van der Waals surface area (Å²) in [5.74, 6) is -1.20. The third-order valence-electron chi connectivity index (χ3n) is 4.72. The Balaban J connectivity index is 1.74. The van der Waals surface area contributed by atoms with Crippen LogP contribution in [0.15, 0.2) is 23.1 Å². The fourth-order valence-electron chi connectivity index (χ4n) is 3.07. The maximum Gasteiger partial charge on any atom is 0.340 e. The number of nitrogens with zero attached hydrogens (tertiary/aromatic N) is 2. The Labute approximate surface area is 174 Å². The van der Waals surface area contributed by atoms with Gasteiger partial charge in [0.15, 0.2) is 6.10 Å². The molecule has 160 valence electrons. The second-order valence-electron chi connectivity index (χ2n) is 6.64. The Kier molecular flexibility index (Phi) is 7.12. The van der Waals surface area contributed by atoms with Gasteiger partial charge in [0.2, 0.25) is 10.0 Å². The lowest BCUT2D eigenvalue weighted by molar-refractivity contribution is -0.143. The molecule has 2 heterocycles. The van der Waals surface area contributed by atoms with Crippen LogP contribution in [0.4, 0.5) is 0 Å². The number of benzene rings is 1. The fraction of sp³-hybridized carbons (Fsp3) is 0.556. The quantitative estimate of drug-likeness (QED) is 0.615. The van der Waals surface area contributed by atoms with E-state index in [0.717, 1.165) is 0 Å². The maximum atomic E-state index is 12.8. The zero-order valence-electron chi connectivity index (χ0n) is 16.0. The van der Waals surface area contributed by atoms with Gasteiger partial charge in [-0.3, -0.25) is 4.79 Å². The number of hydrogen-bond acceptors (Lipinski definition) is 7. The van der Waals surface area contributed by atoms with Gasteiger partial charge in [-0.15, -0.1) is 0 Å². The highest BCUT2D eigenvalue weighted by atomic mass is 35.5. The minimum atomic E-state index is -3.80. The molecular formula is C18H23ClN2O7S. The molecule has 11 heteroatoms. The van der Waals surface area contributed by atoms with Crippen molar-refractivity contribution in [1.82, 2.24) is 9.21 Å². The van der Waals surface area contributed by atoms with Gasteiger partial charge in [0.05, 0.1) is 41.9 Å². The number of carbonyl (C=O) groups excluding carboxylic acids is 2. The summed E-state index contributed by atoms with van der Waals surface area (Å²) in [6, 6.07) is 3.85. The molecule has 9 nitrogen and oxygen atoms in total. The van der Waals surface area contributed by atoms with Gasteiger partial charge in [-0.05, 0) is 25.1 Å². The van der Waals surface area contributed by atoms with Gasteiger partial charge >= 0.3 is 5.97 Å². The minimum Gasteiger partial charge on any atom is -0.449 e. The highest BCUT2D eigenvalue weighted by molar-refractivity contribution is 7.89. The Morgan fingerprint density at radius 2 is 1.66 bits per heavy atom. The molecule has 2 aliphatic rings. The van der Waals surface area contributed by atoms with Crippen LogP contribution in [0, 0.1) is 0 Å². The molecule has 0 radical (unpaired) electrons. The summed E-state index contributed by atoms with van der Waals surface area (Å²) in [7, 11) is -3.80. The van der Waals surface area contributed by atoms with E-state index in [1.165, 1.54) is 29.4 Å². The predicted molar refractivity (Wildman–Crippen MR) is 103 cm³/mol. The zero-order valence-corrected chi connectivity index (χ0v) is 17.6. The predicted octanol–water partition coefficient (Wildman–Crippen LogP) is 0.765. The molecule has 0 aliphatic carbocycles. The molecule has 2 fully saturated rings. The van der Waals surface area contributed by atoms with Crippen LogP contribution in [-0.2, 0) is 29.0 Å². The zero-order chi connectivity index (χ0) is 21.0. The van der Waals surface area contributed by atoms with Crippen molar-refractivity contribution in [3.8, 4) is 0 Å². The van der Waals surface area contributed by atoms with Crippen LogP contribution in [-0.4, -0.2) is 88.2 Å². The van der Waals surface area contributed by atoms with Gasteiger partial charge in [-0.2, -0.15) is 4.31 Å². The number of esters is 1. The van der Waals surface area contributed by atoms with E-state index in [1.807, 2.05) is 0 Å². The van der Waals surface area contributed by atoms with Crippen LogP contribution < -0.4 is 0 Å². The number of sulfonamides is 1. The summed E-state index contributed by atoms with van der Waals surface area (Å²) in [6.45, 7) is 4.26. The van der Waals surface area contributed by atoms with Crippen molar-refractivity contribution in [3.63, 3.8) is 0 Å². The summed E-state index contributed by atoms with van der Waals surface area (Å²) in [5, 5.41) is 0.0435.